The van der Waals surface area contributed by atoms with E-state index in [0.717, 1.165) is 109 Å². The van der Waals surface area contributed by atoms with Crippen molar-refractivity contribution in [2.75, 3.05) is 19.8 Å². The van der Waals surface area contributed by atoms with Crippen molar-refractivity contribution in [1.82, 2.24) is 0 Å². The molecule has 0 bridgehead atoms. The third-order valence-corrected chi connectivity index (χ3v) is 12.1. The molecule has 0 aromatic heterocycles. The summed E-state index contributed by atoms with van der Waals surface area (Å²) in [4.78, 5) is 25.5. The van der Waals surface area contributed by atoms with E-state index < -0.39 is 6.10 Å². The minimum Gasteiger partial charge on any atom is -0.462 e. The molecular formula is C63H108O5. The summed E-state index contributed by atoms with van der Waals surface area (Å²) in [6, 6.07) is 0. The molecule has 1 atom stereocenters. The first-order valence-corrected chi connectivity index (χ1v) is 28.8. The van der Waals surface area contributed by atoms with Gasteiger partial charge in [-0.1, -0.05) is 234 Å². The van der Waals surface area contributed by atoms with Crippen molar-refractivity contribution < 1.29 is 23.8 Å². The molecule has 1 unspecified atom stereocenters. The Kier molecular flexibility index (Phi) is 55.4. The Labute approximate surface area is 422 Å². The molecule has 0 amide bonds. The van der Waals surface area contributed by atoms with E-state index in [1.807, 2.05) is 0 Å². The molecule has 5 heteroatoms. The van der Waals surface area contributed by atoms with Crippen LogP contribution in [0.3, 0.4) is 0 Å². The fourth-order valence-electron chi connectivity index (χ4n) is 7.86. The van der Waals surface area contributed by atoms with E-state index in [1.165, 1.54) is 122 Å². The van der Waals surface area contributed by atoms with Gasteiger partial charge in [-0.25, -0.2) is 0 Å². The van der Waals surface area contributed by atoms with Gasteiger partial charge in [-0.3, -0.25) is 9.59 Å². The standard InChI is InChI=1S/C63H108O5/c1-4-7-10-13-16-19-22-25-28-31-32-34-35-38-41-44-47-50-53-56-62(64)67-60-61(59-66-58-55-52-49-46-43-40-37-30-27-24-21-18-15-12-9-6-3)68-63(65)57-54-51-48-45-42-39-36-33-29-26-23-20-17-14-11-8-5-2/h8-9,11-12,17-18,20-21,25-30,40,43,61H,4-7,10,13-16,19,22-24,31-39,41-42,44-60H2,1-3H3/b11-8-,12-9-,20-17-,21-18-,28-25-,29-26-,30-27-,43-40-. The molecular weight excluding hydrogens is 837 g/mol. The van der Waals surface area contributed by atoms with E-state index in [-0.39, 0.29) is 25.2 Å². The van der Waals surface area contributed by atoms with Crippen molar-refractivity contribution in [3.63, 3.8) is 0 Å². The molecule has 0 spiro atoms. The molecule has 0 saturated heterocycles. The fraction of sp³-hybridized carbons (Fsp3) is 0.714. The highest BCUT2D eigenvalue weighted by atomic mass is 16.6. The normalized spacial score (nSPS) is 12.9. The predicted octanol–water partition coefficient (Wildman–Crippen LogP) is 19.8. The first kappa shape index (κ1) is 64.8. The second-order valence-corrected chi connectivity index (χ2v) is 18.8. The Morgan fingerprint density at radius 3 is 1.07 bits per heavy atom. The van der Waals surface area contributed by atoms with Gasteiger partial charge in [0.05, 0.1) is 6.61 Å². The molecule has 0 saturated carbocycles. The van der Waals surface area contributed by atoms with Crippen LogP contribution in [0.15, 0.2) is 97.2 Å². The van der Waals surface area contributed by atoms with Gasteiger partial charge in [0.15, 0.2) is 6.10 Å². The highest BCUT2D eigenvalue weighted by Crippen LogP contribution is 2.15. The van der Waals surface area contributed by atoms with Crippen LogP contribution in [0.2, 0.25) is 0 Å². The summed E-state index contributed by atoms with van der Waals surface area (Å²) in [7, 11) is 0. The molecule has 5 nitrogen and oxygen atoms in total. The second kappa shape index (κ2) is 58.1. The quantitative estimate of drug-likeness (QED) is 0.0345. The average molecular weight is 946 g/mol. The van der Waals surface area contributed by atoms with Gasteiger partial charge in [-0.05, 0) is 116 Å². The zero-order valence-electron chi connectivity index (χ0n) is 44.8. The van der Waals surface area contributed by atoms with Crippen molar-refractivity contribution >= 4 is 11.9 Å². The molecule has 68 heavy (non-hydrogen) atoms. The minimum atomic E-state index is -0.565. The van der Waals surface area contributed by atoms with Gasteiger partial charge >= 0.3 is 11.9 Å². The van der Waals surface area contributed by atoms with Crippen LogP contribution < -0.4 is 0 Å². The summed E-state index contributed by atoms with van der Waals surface area (Å²) in [5.74, 6) is -0.426. The summed E-state index contributed by atoms with van der Waals surface area (Å²) in [6.07, 6.45) is 78.6. The molecule has 0 aliphatic carbocycles. The summed E-state index contributed by atoms with van der Waals surface area (Å²) >= 11 is 0. The van der Waals surface area contributed by atoms with Crippen molar-refractivity contribution in [2.24, 2.45) is 0 Å². The Balaban J connectivity index is 4.34. The van der Waals surface area contributed by atoms with Gasteiger partial charge < -0.3 is 14.2 Å². The van der Waals surface area contributed by atoms with Crippen molar-refractivity contribution in [3.05, 3.63) is 97.2 Å². The average Bonchev–Trinajstić information content (AvgIpc) is 3.34. The minimum absolute atomic E-state index is 0.0633. The van der Waals surface area contributed by atoms with E-state index in [9.17, 15) is 9.59 Å². The van der Waals surface area contributed by atoms with Crippen LogP contribution in [0, 0.1) is 0 Å². The maximum Gasteiger partial charge on any atom is 0.306 e. The second-order valence-electron chi connectivity index (χ2n) is 18.8. The van der Waals surface area contributed by atoms with Crippen LogP contribution in [0.5, 0.6) is 0 Å². The van der Waals surface area contributed by atoms with E-state index in [2.05, 4.69) is 118 Å². The van der Waals surface area contributed by atoms with Crippen LogP contribution in [-0.2, 0) is 23.8 Å². The molecule has 0 aliphatic heterocycles. The van der Waals surface area contributed by atoms with E-state index in [1.54, 1.807) is 0 Å². The van der Waals surface area contributed by atoms with Crippen LogP contribution in [0.4, 0.5) is 0 Å². The summed E-state index contributed by atoms with van der Waals surface area (Å²) < 4.78 is 17.4. The van der Waals surface area contributed by atoms with Crippen LogP contribution in [0.25, 0.3) is 0 Å². The van der Waals surface area contributed by atoms with Gasteiger partial charge in [-0.15, -0.1) is 0 Å². The lowest BCUT2D eigenvalue weighted by Crippen LogP contribution is -2.30. The van der Waals surface area contributed by atoms with E-state index >= 15 is 0 Å². The monoisotopic (exact) mass is 945 g/mol. The molecule has 0 rings (SSSR count). The first-order chi connectivity index (χ1) is 33.6. The molecule has 0 heterocycles. The summed E-state index contributed by atoms with van der Waals surface area (Å²) in [5, 5.41) is 0. The van der Waals surface area contributed by atoms with E-state index in [4.69, 9.17) is 14.2 Å². The fourth-order valence-corrected chi connectivity index (χ4v) is 7.86. The lowest BCUT2D eigenvalue weighted by atomic mass is 10.1. The number of unbranched alkanes of at least 4 members (excludes halogenated alkanes) is 25. The Morgan fingerprint density at radius 2 is 0.662 bits per heavy atom. The van der Waals surface area contributed by atoms with E-state index in [0.29, 0.717) is 19.4 Å². The molecule has 390 valence electrons. The maximum absolute atomic E-state index is 12.9. The van der Waals surface area contributed by atoms with Gasteiger partial charge in [0.25, 0.3) is 0 Å². The maximum atomic E-state index is 12.9. The first-order valence-electron chi connectivity index (χ1n) is 28.8. The van der Waals surface area contributed by atoms with Gasteiger partial charge in [0.1, 0.15) is 6.61 Å². The molecule has 0 N–H and O–H groups in total. The number of rotatable bonds is 52. The number of carbonyl (C=O) groups is 2. The van der Waals surface area contributed by atoms with Crippen LogP contribution >= 0.6 is 0 Å². The number of hydrogen-bond donors (Lipinski definition) is 0. The lowest BCUT2D eigenvalue weighted by molar-refractivity contribution is -0.163. The number of esters is 2. The van der Waals surface area contributed by atoms with Crippen molar-refractivity contribution in [2.45, 2.75) is 271 Å². The number of carbonyl (C=O) groups excluding carboxylic acids is 2. The number of ether oxygens (including phenoxy) is 3. The highest BCUT2D eigenvalue weighted by molar-refractivity contribution is 5.70. The predicted molar refractivity (Wildman–Crippen MR) is 297 cm³/mol. The third kappa shape index (κ3) is 55.4. The molecule has 0 aromatic carbocycles. The number of allylic oxidation sites excluding steroid dienone is 16. The molecule has 0 aromatic rings. The van der Waals surface area contributed by atoms with Gasteiger partial charge in [0.2, 0.25) is 0 Å². The number of hydrogen-bond acceptors (Lipinski definition) is 5. The Hall–Kier alpha value is -3.18. The SMILES string of the molecule is CC/C=C\C/C=C\C/C=C\C/C=C\CCCCCOCC(COC(=O)CCCCCCCCCCC/C=C\CCCCCCCC)OC(=O)CCCCCCCCC/C=C\C/C=C\C/C=C\CC. The van der Waals surface area contributed by atoms with Gasteiger partial charge in [0, 0.05) is 19.4 Å². The molecule has 0 aliphatic rings. The molecule has 0 fully saturated rings. The van der Waals surface area contributed by atoms with Gasteiger partial charge in [-0.2, -0.15) is 0 Å². The van der Waals surface area contributed by atoms with Crippen molar-refractivity contribution in [3.8, 4) is 0 Å². The topological polar surface area (TPSA) is 61.8 Å². The smallest absolute Gasteiger partial charge is 0.306 e. The van der Waals surface area contributed by atoms with Crippen LogP contribution in [-0.4, -0.2) is 37.9 Å². The highest BCUT2D eigenvalue weighted by Gasteiger charge is 2.17. The zero-order valence-corrected chi connectivity index (χ0v) is 44.8. The lowest BCUT2D eigenvalue weighted by Gasteiger charge is -2.18. The largest absolute Gasteiger partial charge is 0.462 e. The Morgan fingerprint density at radius 1 is 0.338 bits per heavy atom. The molecule has 0 radical (unpaired) electrons. The summed E-state index contributed by atoms with van der Waals surface area (Å²) in [5.41, 5.74) is 0. The zero-order chi connectivity index (χ0) is 49.2. The Bertz CT molecular complexity index is 1300. The van der Waals surface area contributed by atoms with Crippen molar-refractivity contribution in [1.29, 1.82) is 0 Å². The summed E-state index contributed by atoms with van der Waals surface area (Å²) in [6.45, 7) is 7.53. The third-order valence-electron chi connectivity index (χ3n) is 12.1. The van der Waals surface area contributed by atoms with Crippen LogP contribution in [0.1, 0.15) is 265 Å².